The molecule has 0 saturated heterocycles. The van der Waals surface area contributed by atoms with Gasteiger partial charge in [0.1, 0.15) is 5.82 Å². The van der Waals surface area contributed by atoms with Crippen LogP contribution in [0.4, 0.5) is 8.78 Å². The van der Waals surface area contributed by atoms with Crippen LogP contribution in [0.15, 0.2) is 36.4 Å². The molecule has 0 radical (unpaired) electrons. The Hall–Kier alpha value is -2.16. The fourth-order valence-corrected chi connectivity index (χ4v) is 4.64. The van der Waals surface area contributed by atoms with E-state index in [1.165, 1.54) is 51.4 Å². The van der Waals surface area contributed by atoms with E-state index in [0.29, 0.717) is 17.4 Å². The molecule has 0 fully saturated rings. The molecular weight excluding hydrogens is 414 g/mol. The first-order valence-corrected chi connectivity index (χ1v) is 13.1. The lowest BCUT2D eigenvalue weighted by Crippen LogP contribution is -2.00. The van der Waals surface area contributed by atoms with Crippen molar-refractivity contribution >= 4 is 21.5 Å². The van der Waals surface area contributed by atoms with Gasteiger partial charge in [-0.1, -0.05) is 102 Å². The molecule has 0 heterocycles. The van der Waals surface area contributed by atoms with E-state index >= 15 is 8.78 Å². The van der Waals surface area contributed by atoms with Gasteiger partial charge in [-0.25, -0.2) is 8.78 Å². The molecule has 180 valence electrons. The van der Waals surface area contributed by atoms with Gasteiger partial charge in [0, 0.05) is 10.8 Å². The second-order valence-corrected chi connectivity index (χ2v) is 9.31. The Morgan fingerprint density at radius 1 is 0.545 bits per heavy atom. The van der Waals surface area contributed by atoms with Crippen LogP contribution in [-0.4, -0.2) is 6.61 Å². The molecule has 0 N–H and O–H groups in total. The monoisotopic (exact) mass is 454 g/mol. The molecule has 0 spiro atoms. The summed E-state index contributed by atoms with van der Waals surface area (Å²) in [5, 5.41) is 2.56. The highest BCUT2D eigenvalue weighted by atomic mass is 19.1. The Morgan fingerprint density at radius 3 is 1.73 bits per heavy atom. The number of unbranched alkanes of at least 4 members (excludes halogenated alkanes) is 10. The lowest BCUT2D eigenvalue weighted by Gasteiger charge is -2.12. The minimum absolute atomic E-state index is 0.165. The molecule has 33 heavy (non-hydrogen) atoms. The first-order chi connectivity index (χ1) is 16.2. The molecule has 0 aromatic heterocycles. The summed E-state index contributed by atoms with van der Waals surface area (Å²) in [7, 11) is 0. The lowest BCUT2D eigenvalue weighted by atomic mass is 9.97. The minimum atomic E-state index is -0.349. The van der Waals surface area contributed by atoms with E-state index < -0.39 is 0 Å². The standard InChI is InChI=1S/C30H40F2O/c1-3-5-7-9-10-11-12-14-22-33-28-21-20-25-24-17-16-23(15-13-8-6-4-2)29(31)26(24)18-19-27(25)30(28)32/h16-21H,3-15,22H2,1-2H3. The highest BCUT2D eigenvalue weighted by Gasteiger charge is 2.14. The van der Waals surface area contributed by atoms with Crippen molar-refractivity contribution in [1.82, 2.24) is 0 Å². The maximum absolute atomic E-state index is 15.1. The lowest BCUT2D eigenvalue weighted by molar-refractivity contribution is 0.291. The maximum Gasteiger partial charge on any atom is 0.172 e. The number of hydrogen-bond donors (Lipinski definition) is 0. The van der Waals surface area contributed by atoms with E-state index in [4.69, 9.17) is 4.74 Å². The molecule has 0 amide bonds. The average Bonchev–Trinajstić information content (AvgIpc) is 2.83. The number of rotatable bonds is 15. The molecular formula is C30H40F2O. The molecule has 0 aliphatic carbocycles. The second kappa shape index (κ2) is 13.5. The van der Waals surface area contributed by atoms with Gasteiger partial charge in [-0.3, -0.25) is 0 Å². The highest BCUT2D eigenvalue weighted by molar-refractivity contribution is 6.08. The third-order valence-corrected chi connectivity index (χ3v) is 6.67. The van der Waals surface area contributed by atoms with E-state index in [1.54, 1.807) is 18.2 Å². The molecule has 3 aromatic rings. The van der Waals surface area contributed by atoms with Crippen molar-refractivity contribution in [2.24, 2.45) is 0 Å². The molecule has 0 bridgehead atoms. The van der Waals surface area contributed by atoms with Crippen molar-refractivity contribution in [2.45, 2.75) is 97.3 Å². The zero-order valence-corrected chi connectivity index (χ0v) is 20.5. The van der Waals surface area contributed by atoms with E-state index in [0.717, 1.165) is 48.4 Å². The quantitative estimate of drug-likeness (QED) is 0.164. The van der Waals surface area contributed by atoms with Crippen LogP contribution >= 0.6 is 0 Å². The zero-order valence-electron chi connectivity index (χ0n) is 20.5. The maximum atomic E-state index is 15.1. The third kappa shape index (κ3) is 6.91. The van der Waals surface area contributed by atoms with E-state index in [2.05, 4.69) is 13.8 Å². The summed E-state index contributed by atoms with van der Waals surface area (Å²) in [6.07, 6.45) is 15.0. The Balaban J connectivity index is 1.62. The molecule has 3 rings (SSSR count). The number of benzene rings is 3. The van der Waals surface area contributed by atoms with Gasteiger partial charge in [-0.05, 0) is 47.7 Å². The van der Waals surface area contributed by atoms with Crippen molar-refractivity contribution in [3.05, 3.63) is 53.6 Å². The van der Waals surface area contributed by atoms with Crippen LogP contribution in [0.1, 0.15) is 96.5 Å². The Kier molecular flexibility index (Phi) is 10.4. The van der Waals surface area contributed by atoms with Crippen LogP contribution in [0.25, 0.3) is 21.5 Å². The first-order valence-electron chi connectivity index (χ1n) is 13.1. The number of fused-ring (bicyclic) bond motifs is 3. The van der Waals surface area contributed by atoms with Gasteiger partial charge in [-0.15, -0.1) is 0 Å². The number of halogens is 2. The van der Waals surface area contributed by atoms with Gasteiger partial charge in [0.25, 0.3) is 0 Å². The molecule has 0 aliphatic rings. The van der Waals surface area contributed by atoms with E-state index in [-0.39, 0.29) is 17.4 Å². The van der Waals surface area contributed by atoms with Crippen LogP contribution < -0.4 is 4.74 Å². The predicted octanol–water partition coefficient (Wildman–Crippen LogP) is 9.91. The predicted molar refractivity (Wildman–Crippen MR) is 137 cm³/mol. The molecule has 0 atom stereocenters. The number of hydrogen-bond acceptors (Lipinski definition) is 1. The van der Waals surface area contributed by atoms with Crippen LogP contribution in [0.3, 0.4) is 0 Å². The molecule has 0 aliphatic heterocycles. The van der Waals surface area contributed by atoms with Crippen LogP contribution in [0, 0.1) is 11.6 Å². The van der Waals surface area contributed by atoms with Gasteiger partial charge in [0.2, 0.25) is 0 Å². The first kappa shape index (κ1) is 25.5. The summed E-state index contributed by atoms with van der Waals surface area (Å²) in [6, 6.07) is 10.8. The number of aryl methyl sites for hydroxylation is 1. The summed E-state index contributed by atoms with van der Waals surface area (Å²) >= 11 is 0. The average molecular weight is 455 g/mol. The largest absolute Gasteiger partial charge is 0.490 e. The fraction of sp³-hybridized carbons (Fsp3) is 0.533. The summed E-state index contributed by atoms with van der Waals surface area (Å²) in [6.45, 7) is 4.94. The summed E-state index contributed by atoms with van der Waals surface area (Å²) in [5.41, 5.74) is 0.753. The molecule has 3 aromatic carbocycles. The van der Waals surface area contributed by atoms with Gasteiger partial charge in [-0.2, -0.15) is 0 Å². The normalized spacial score (nSPS) is 11.5. The molecule has 1 nitrogen and oxygen atoms in total. The van der Waals surface area contributed by atoms with Crippen molar-refractivity contribution < 1.29 is 13.5 Å². The third-order valence-electron chi connectivity index (χ3n) is 6.67. The topological polar surface area (TPSA) is 9.23 Å². The summed E-state index contributed by atoms with van der Waals surface area (Å²) in [5.74, 6) is -0.225. The SMILES string of the molecule is CCCCCCCCCCOc1ccc2c(ccc3c(F)c(CCCCCC)ccc32)c1F. The van der Waals surface area contributed by atoms with Crippen LogP contribution in [0.2, 0.25) is 0 Å². The second-order valence-electron chi connectivity index (χ2n) is 9.31. The van der Waals surface area contributed by atoms with E-state index in [9.17, 15) is 0 Å². The van der Waals surface area contributed by atoms with E-state index in [1.807, 2.05) is 18.2 Å². The smallest absolute Gasteiger partial charge is 0.172 e. The fourth-order valence-electron chi connectivity index (χ4n) is 4.64. The Labute approximate surface area is 198 Å². The molecule has 3 heteroatoms. The van der Waals surface area contributed by atoms with Crippen LogP contribution in [0.5, 0.6) is 5.75 Å². The number of ether oxygens (including phenoxy) is 1. The summed E-state index contributed by atoms with van der Waals surface area (Å²) < 4.78 is 36.0. The highest BCUT2D eigenvalue weighted by Crippen LogP contribution is 2.34. The molecule has 0 unspecified atom stereocenters. The van der Waals surface area contributed by atoms with Crippen molar-refractivity contribution in [3.8, 4) is 5.75 Å². The van der Waals surface area contributed by atoms with Gasteiger partial charge in [0.05, 0.1) is 6.61 Å². The Bertz CT molecular complexity index is 1010. The summed E-state index contributed by atoms with van der Waals surface area (Å²) in [4.78, 5) is 0. The van der Waals surface area contributed by atoms with Crippen LogP contribution in [-0.2, 0) is 6.42 Å². The van der Waals surface area contributed by atoms with Gasteiger partial charge >= 0.3 is 0 Å². The minimum Gasteiger partial charge on any atom is -0.490 e. The van der Waals surface area contributed by atoms with Gasteiger partial charge in [0.15, 0.2) is 11.6 Å². The van der Waals surface area contributed by atoms with Gasteiger partial charge < -0.3 is 4.74 Å². The Morgan fingerprint density at radius 2 is 1.06 bits per heavy atom. The molecule has 0 saturated carbocycles. The zero-order chi connectivity index (χ0) is 23.5. The van der Waals surface area contributed by atoms with Crippen molar-refractivity contribution in [3.63, 3.8) is 0 Å². The van der Waals surface area contributed by atoms with Crippen molar-refractivity contribution in [1.29, 1.82) is 0 Å². The van der Waals surface area contributed by atoms with Crippen molar-refractivity contribution in [2.75, 3.05) is 6.61 Å².